The van der Waals surface area contributed by atoms with E-state index in [0.717, 1.165) is 0 Å². The maximum absolute atomic E-state index is 13.0. The Morgan fingerprint density at radius 3 is 2.63 bits per heavy atom. The minimum Gasteiger partial charge on any atom is -0.503 e. The Hall–Kier alpha value is -3.46. The van der Waals surface area contributed by atoms with Gasteiger partial charge in [0, 0.05) is 31.2 Å². The van der Waals surface area contributed by atoms with Gasteiger partial charge in [0.05, 0.1) is 25.2 Å². The van der Waals surface area contributed by atoms with E-state index in [1.54, 1.807) is 37.3 Å². The molecule has 0 bridgehead atoms. The summed E-state index contributed by atoms with van der Waals surface area (Å²) < 4.78 is 22.2. The zero-order chi connectivity index (χ0) is 25.4. The number of carbonyl (C=O) groups is 3. The Morgan fingerprint density at radius 1 is 1.20 bits per heavy atom. The first kappa shape index (κ1) is 26.2. The fourth-order valence-electron chi connectivity index (χ4n) is 4.08. The van der Waals surface area contributed by atoms with Gasteiger partial charge in [-0.1, -0.05) is 25.1 Å². The summed E-state index contributed by atoms with van der Waals surface area (Å²) in [6.45, 7) is 3.96. The van der Waals surface area contributed by atoms with Gasteiger partial charge >= 0.3 is 11.9 Å². The summed E-state index contributed by atoms with van der Waals surface area (Å²) in [7, 11) is 1.36. The number of nitrogens with zero attached hydrogens (tertiary/aromatic N) is 1. The first-order valence-corrected chi connectivity index (χ1v) is 11.6. The van der Waals surface area contributed by atoms with Gasteiger partial charge in [-0.25, -0.2) is 9.78 Å². The average Bonchev–Trinajstić information content (AvgIpc) is 2.86. The molecule has 4 atom stereocenters. The largest absolute Gasteiger partial charge is 0.503 e. The van der Waals surface area contributed by atoms with Gasteiger partial charge in [0.2, 0.25) is 0 Å². The molecule has 1 aromatic carbocycles. The number of cyclic esters (lactones) is 1. The standard InChI is InChI=1S/C26H31NO8/c1-4-17-11-13-33-15-19(14-20(28)22-23(29)21(32-3)10-12-27-22)26(31)34-16(2)24(17)35-25(30)18-8-6-5-7-9-18/h5-10,12,16-17,19,24,29H,4,11,13-15H2,1-3H3/t16-,17-,19-,24-/m0/s1. The fourth-order valence-corrected chi connectivity index (χ4v) is 4.08. The lowest BCUT2D eigenvalue weighted by Gasteiger charge is -2.32. The highest BCUT2D eigenvalue weighted by Gasteiger charge is 2.36. The van der Waals surface area contributed by atoms with E-state index in [9.17, 15) is 19.5 Å². The van der Waals surface area contributed by atoms with E-state index in [-0.39, 0.29) is 36.1 Å². The third-order valence-electron chi connectivity index (χ3n) is 6.09. The minimum atomic E-state index is -0.916. The van der Waals surface area contributed by atoms with Crippen molar-refractivity contribution in [3.63, 3.8) is 0 Å². The number of methoxy groups -OCH3 is 1. The number of carbonyl (C=O) groups excluding carboxylic acids is 3. The molecule has 0 radical (unpaired) electrons. The third-order valence-corrected chi connectivity index (χ3v) is 6.09. The van der Waals surface area contributed by atoms with Crippen LogP contribution in [-0.2, 0) is 19.0 Å². The van der Waals surface area contributed by atoms with E-state index in [1.165, 1.54) is 19.4 Å². The molecule has 1 aliphatic rings. The molecular formula is C26H31NO8. The van der Waals surface area contributed by atoms with Crippen molar-refractivity contribution in [3.8, 4) is 11.5 Å². The van der Waals surface area contributed by atoms with Crippen molar-refractivity contribution in [3.05, 3.63) is 53.9 Å². The molecule has 1 saturated heterocycles. The number of Topliss-reactive ketones (excluding diaryl/α,β-unsaturated/α-hetero) is 1. The Labute approximate surface area is 204 Å². The molecule has 9 heteroatoms. The van der Waals surface area contributed by atoms with Crippen LogP contribution in [0, 0.1) is 11.8 Å². The first-order chi connectivity index (χ1) is 16.8. The van der Waals surface area contributed by atoms with Gasteiger partial charge < -0.3 is 24.1 Å². The number of ether oxygens (including phenoxy) is 4. The van der Waals surface area contributed by atoms with Crippen LogP contribution in [0.25, 0.3) is 0 Å². The Kier molecular flexibility index (Phi) is 9.19. The number of esters is 2. The maximum atomic E-state index is 13.0. The quantitative estimate of drug-likeness (QED) is 0.463. The van der Waals surface area contributed by atoms with Crippen molar-refractivity contribution >= 4 is 17.7 Å². The number of benzene rings is 1. The van der Waals surface area contributed by atoms with Crippen LogP contribution in [0.1, 0.15) is 54.0 Å². The molecule has 2 heterocycles. The maximum Gasteiger partial charge on any atom is 0.338 e. The molecule has 1 fully saturated rings. The summed E-state index contributed by atoms with van der Waals surface area (Å²) in [6, 6.07) is 10.0. The number of ketones is 1. The van der Waals surface area contributed by atoms with Crippen LogP contribution in [0.2, 0.25) is 0 Å². The summed E-state index contributed by atoms with van der Waals surface area (Å²) in [5.41, 5.74) is 0.214. The van der Waals surface area contributed by atoms with Gasteiger partial charge in [0.1, 0.15) is 12.2 Å². The van der Waals surface area contributed by atoms with E-state index >= 15 is 0 Å². The van der Waals surface area contributed by atoms with Crippen molar-refractivity contribution in [2.75, 3.05) is 20.3 Å². The van der Waals surface area contributed by atoms with Crippen LogP contribution >= 0.6 is 0 Å². The van der Waals surface area contributed by atoms with Crippen LogP contribution in [0.3, 0.4) is 0 Å². The number of hydrogen-bond donors (Lipinski definition) is 1. The second kappa shape index (κ2) is 12.3. The van der Waals surface area contributed by atoms with Crippen LogP contribution in [0.4, 0.5) is 0 Å². The van der Waals surface area contributed by atoms with Crippen molar-refractivity contribution in [1.29, 1.82) is 0 Å². The molecule has 0 spiro atoms. The highest BCUT2D eigenvalue weighted by Crippen LogP contribution is 2.30. The second-order valence-electron chi connectivity index (χ2n) is 8.44. The lowest BCUT2D eigenvalue weighted by molar-refractivity contribution is -0.165. The van der Waals surface area contributed by atoms with Crippen LogP contribution < -0.4 is 4.74 Å². The summed E-state index contributed by atoms with van der Waals surface area (Å²) in [4.78, 5) is 42.5. The summed E-state index contributed by atoms with van der Waals surface area (Å²) in [5, 5.41) is 10.2. The molecule has 188 valence electrons. The molecule has 2 aromatic rings. The van der Waals surface area contributed by atoms with Crippen molar-refractivity contribution < 1.29 is 38.4 Å². The SMILES string of the molecule is CC[C@H]1CCOC[C@H](CC(=O)c2nccc(OC)c2O)C(=O)O[C@@H](C)[C@@H]1OC(=O)c1ccccc1. The molecule has 0 amide bonds. The molecule has 0 unspecified atom stereocenters. The predicted molar refractivity (Wildman–Crippen MR) is 125 cm³/mol. The van der Waals surface area contributed by atoms with Gasteiger partial charge in [0.15, 0.2) is 23.0 Å². The van der Waals surface area contributed by atoms with Gasteiger partial charge in [-0.15, -0.1) is 0 Å². The third kappa shape index (κ3) is 6.57. The van der Waals surface area contributed by atoms with E-state index in [4.69, 9.17) is 18.9 Å². The summed E-state index contributed by atoms with van der Waals surface area (Å²) in [6.07, 6.45) is 0.931. The number of hydrogen-bond acceptors (Lipinski definition) is 9. The predicted octanol–water partition coefficient (Wildman–Crippen LogP) is 3.59. The zero-order valence-corrected chi connectivity index (χ0v) is 20.1. The number of rotatable bonds is 7. The Bertz CT molecular complexity index is 1030. The lowest BCUT2D eigenvalue weighted by Crippen LogP contribution is -2.42. The van der Waals surface area contributed by atoms with E-state index in [1.807, 2.05) is 6.92 Å². The number of aromatic hydroxyl groups is 1. The van der Waals surface area contributed by atoms with E-state index < -0.39 is 35.8 Å². The molecule has 9 nitrogen and oxygen atoms in total. The zero-order valence-electron chi connectivity index (χ0n) is 20.1. The highest BCUT2D eigenvalue weighted by molar-refractivity contribution is 5.99. The monoisotopic (exact) mass is 485 g/mol. The molecule has 0 aliphatic carbocycles. The normalized spacial score (nSPS) is 23.1. The molecule has 1 aromatic heterocycles. The van der Waals surface area contributed by atoms with Gasteiger partial charge in [-0.05, 0) is 31.9 Å². The second-order valence-corrected chi connectivity index (χ2v) is 8.44. The van der Waals surface area contributed by atoms with Crippen molar-refractivity contribution in [2.24, 2.45) is 11.8 Å². The molecule has 35 heavy (non-hydrogen) atoms. The summed E-state index contributed by atoms with van der Waals surface area (Å²) in [5.74, 6) is -2.97. The molecule has 1 N–H and O–H groups in total. The van der Waals surface area contributed by atoms with Crippen molar-refractivity contribution in [1.82, 2.24) is 4.98 Å². The Morgan fingerprint density at radius 2 is 1.94 bits per heavy atom. The highest BCUT2D eigenvalue weighted by atomic mass is 16.6. The van der Waals surface area contributed by atoms with E-state index in [2.05, 4.69) is 4.98 Å². The first-order valence-electron chi connectivity index (χ1n) is 11.6. The number of pyridine rings is 1. The van der Waals surface area contributed by atoms with Crippen molar-refractivity contribution in [2.45, 2.75) is 45.3 Å². The Balaban J connectivity index is 1.75. The van der Waals surface area contributed by atoms with Crippen LogP contribution in [-0.4, -0.2) is 60.3 Å². The van der Waals surface area contributed by atoms with Gasteiger partial charge in [-0.3, -0.25) is 9.59 Å². The van der Waals surface area contributed by atoms with E-state index in [0.29, 0.717) is 25.0 Å². The van der Waals surface area contributed by atoms with Gasteiger partial charge in [-0.2, -0.15) is 0 Å². The van der Waals surface area contributed by atoms with Gasteiger partial charge in [0.25, 0.3) is 0 Å². The summed E-state index contributed by atoms with van der Waals surface area (Å²) >= 11 is 0. The smallest absolute Gasteiger partial charge is 0.338 e. The number of aromatic nitrogens is 1. The molecule has 0 saturated carbocycles. The average molecular weight is 486 g/mol. The topological polar surface area (TPSA) is 121 Å². The minimum absolute atomic E-state index is 0.0209. The molecular weight excluding hydrogens is 454 g/mol. The molecule has 1 aliphatic heterocycles. The molecule has 3 rings (SSSR count). The van der Waals surface area contributed by atoms with Crippen LogP contribution in [0.15, 0.2) is 42.6 Å². The lowest BCUT2D eigenvalue weighted by atomic mass is 9.91. The van der Waals surface area contributed by atoms with Crippen LogP contribution in [0.5, 0.6) is 11.5 Å². The fraction of sp³-hybridized carbons (Fsp3) is 0.462.